The van der Waals surface area contributed by atoms with Crippen molar-refractivity contribution in [2.24, 2.45) is 0 Å². The highest BCUT2D eigenvalue weighted by atomic mass is 19.1. The number of ether oxygens (including phenoxy) is 1. The van der Waals surface area contributed by atoms with Crippen molar-refractivity contribution in [2.75, 3.05) is 24.8 Å². The number of nitrogens with two attached hydrogens (primary N) is 1. The molecule has 19 heavy (non-hydrogen) atoms. The normalized spacial score (nSPS) is 23.2. The summed E-state index contributed by atoms with van der Waals surface area (Å²) in [4.78, 5) is 1.93. The number of aliphatic hydroxyl groups is 1. The third kappa shape index (κ3) is 2.76. The van der Waals surface area contributed by atoms with E-state index in [4.69, 9.17) is 10.5 Å². The highest BCUT2D eigenvalue weighted by molar-refractivity contribution is 5.70. The van der Waals surface area contributed by atoms with E-state index in [0.29, 0.717) is 11.4 Å². The Morgan fingerprint density at radius 2 is 2.05 bits per heavy atom. The van der Waals surface area contributed by atoms with Crippen LogP contribution in [-0.2, 0) is 0 Å². The van der Waals surface area contributed by atoms with Gasteiger partial charge >= 0.3 is 0 Å². The Labute approximate surface area is 113 Å². The standard InChI is InChI=1S/C14H21FN2O2/c1-17(11-5-3-4-6-13(11)18)12-8-14(19-2)9(15)7-10(12)16/h7-8,11,13,18H,3-6,16H2,1-2H3. The van der Waals surface area contributed by atoms with Gasteiger partial charge in [0.25, 0.3) is 0 Å². The number of methoxy groups -OCH3 is 1. The van der Waals surface area contributed by atoms with Gasteiger partial charge in [0.1, 0.15) is 0 Å². The predicted molar refractivity (Wildman–Crippen MR) is 74.0 cm³/mol. The first-order chi connectivity index (χ1) is 9.04. The van der Waals surface area contributed by atoms with Crippen LogP contribution in [0.1, 0.15) is 25.7 Å². The predicted octanol–water partition coefficient (Wildman–Crippen LogP) is 2.16. The molecule has 2 unspecified atom stereocenters. The summed E-state index contributed by atoms with van der Waals surface area (Å²) in [6, 6.07) is 2.87. The number of hydrogen-bond donors (Lipinski definition) is 2. The molecule has 1 aromatic rings. The molecule has 0 spiro atoms. The number of anilines is 2. The first-order valence-corrected chi connectivity index (χ1v) is 6.58. The fraction of sp³-hybridized carbons (Fsp3) is 0.571. The third-order valence-electron chi connectivity index (χ3n) is 3.87. The summed E-state index contributed by atoms with van der Waals surface area (Å²) in [5.74, 6) is -0.303. The number of halogens is 1. The molecule has 4 nitrogen and oxygen atoms in total. The lowest BCUT2D eigenvalue weighted by atomic mass is 9.91. The summed E-state index contributed by atoms with van der Waals surface area (Å²) in [5.41, 5.74) is 6.94. The zero-order valence-corrected chi connectivity index (χ0v) is 11.4. The molecule has 0 saturated heterocycles. The first-order valence-electron chi connectivity index (χ1n) is 6.58. The van der Waals surface area contributed by atoms with Crippen molar-refractivity contribution in [3.63, 3.8) is 0 Å². The van der Waals surface area contributed by atoms with E-state index in [1.165, 1.54) is 13.2 Å². The monoisotopic (exact) mass is 268 g/mol. The molecule has 2 atom stereocenters. The van der Waals surface area contributed by atoms with Gasteiger partial charge in [-0.05, 0) is 12.8 Å². The zero-order valence-electron chi connectivity index (χ0n) is 11.4. The smallest absolute Gasteiger partial charge is 0.167 e. The molecule has 1 saturated carbocycles. The molecule has 1 aliphatic carbocycles. The lowest BCUT2D eigenvalue weighted by Crippen LogP contribution is -2.43. The van der Waals surface area contributed by atoms with Gasteiger partial charge in [-0.3, -0.25) is 0 Å². The van der Waals surface area contributed by atoms with Crippen LogP contribution in [0.15, 0.2) is 12.1 Å². The number of aliphatic hydroxyl groups excluding tert-OH is 1. The molecule has 0 heterocycles. The molecule has 0 aliphatic heterocycles. The van der Waals surface area contributed by atoms with E-state index in [2.05, 4.69) is 0 Å². The van der Waals surface area contributed by atoms with Crippen molar-refractivity contribution in [3.05, 3.63) is 17.9 Å². The van der Waals surface area contributed by atoms with Crippen molar-refractivity contribution in [1.82, 2.24) is 0 Å². The van der Waals surface area contributed by atoms with Gasteiger partial charge in [0, 0.05) is 19.2 Å². The Morgan fingerprint density at radius 1 is 1.37 bits per heavy atom. The SMILES string of the molecule is COc1cc(N(C)C2CCCCC2O)c(N)cc1F. The molecular formula is C14H21FN2O2. The summed E-state index contributed by atoms with van der Waals surface area (Å²) >= 11 is 0. The Morgan fingerprint density at radius 3 is 2.68 bits per heavy atom. The topological polar surface area (TPSA) is 58.7 Å². The van der Waals surface area contributed by atoms with Gasteiger partial charge in [-0.2, -0.15) is 0 Å². The molecule has 1 aliphatic rings. The molecule has 106 valence electrons. The van der Waals surface area contributed by atoms with Crippen molar-refractivity contribution < 1.29 is 14.2 Å². The molecule has 0 bridgehead atoms. The van der Waals surface area contributed by atoms with Gasteiger partial charge in [0.05, 0.1) is 30.6 Å². The zero-order chi connectivity index (χ0) is 14.0. The van der Waals surface area contributed by atoms with Crippen LogP contribution in [0, 0.1) is 5.82 Å². The number of nitrogens with zero attached hydrogens (tertiary/aromatic N) is 1. The van der Waals surface area contributed by atoms with E-state index in [1.807, 2.05) is 11.9 Å². The van der Waals surface area contributed by atoms with Crippen LogP contribution in [0.25, 0.3) is 0 Å². The van der Waals surface area contributed by atoms with Crippen molar-refractivity contribution in [2.45, 2.75) is 37.8 Å². The Kier molecular flexibility index (Phi) is 4.14. The maximum Gasteiger partial charge on any atom is 0.167 e. The van der Waals surface area contributed by atoms with Crippen molar-refractivity contribution in [3.8, 4) is 5.75 Å². The van der Waals surface area contributed by atoms with Gasteiger partial charge in [0.15, 0.2) is 11.6 Å². The summed E-state index contributed by atoms with van der Waals surface area (Å²) in [6.45, 7) is 0. The van der Waals surface area contributed by atoms with Crippen LogP contribution in [-0.4, -0.2) is 31.4 Å². The second-order valence-electron chi connectivity index (χ2n) is 5.08. The van der Waals surface area contributed by atoms with E-state index in [1.54, 1.807) is 6.07 Å². The molecule has 5 heteroatoms. The highest BCUT2D eigenvalue weighted by Crippen LogP contribution is 2.34. The molecule has 0 aromatic heterocycles. The van der Waals surface area contributed by atoms with E-state index in [0.717, 1.165) is 25.7 Å². The Balaban J connectivity index is 2.29. The summed E-state index contributed by atoms with van der Waals surface area (Å²) in [7, 11) is 3.30. The maximum atomic E-state index is 13.5. The van der Waals surface area contributed by atoms with Crippen molar-refractivity contribution >= 4 is 11.4 Å². The van der Waals surface area contributed by atoms with Crippen LogP contribution in [0.4, 0.5) is 15.8 Å². The van der Waals surface area contributed by atoms with Crippen LogP contribution in [0.3, 0.4) is 0 Å². The average Bonchev–Trinajstić information content (AvgIpc) is 2.39. The summed E-state index contributed by atoms with van der Waals surface area (Å²) in [5, 5.41) is 10.1. The lowest BCUT2D eigenvalue weighted by Gasteiger charge is -2.37. The molecule has 3 N–H and O–H groups in total. The van der Waals surface area contributed by atoms with E-state index >= 15 is 0 Å². The summed E-state index contributed by atoms with van der Waals surface area (Å²) < 4.78 is 18.5. The van der Waals surface area contributed by atoms with E-state index in [-0.39, 0.29) is 17.9 Å². The minimum atomic E-state index is -0.471. The quantitative estimate of drug-likeness (QED) is 0.825. The lowest BCUT2D eigenvalue weighted by molar-refractivity contribution is 0.106. The van der Waals surface area contributed by atoms with E-state index < -0.39 is 5.82 Å². The fourth-order valence-electron chi connectivity index (χ4n) is 2.74. The van der Waals surface area contributed by atoms with Crippen LogP contribution in [0.5, 0.6) is 5.75 Å². The summed E-state index contributed by atoms with van der Waals surface area (Å²) in [6.07, 6.45) is 3.48. The minimum Gasteiger partial charge on any atom is -0.494 e. The largest absolute Gasteiger partial charge is 0.494 e. The Bertz CT molecular complexity index is 453. The molecule has 1 fully saturated rings. The molecule has 1 aromatic carbocycles. The second-order valence-corrected chi connectivity index (χ2v) is 5.08. The number of nitrogen functional groups attached to an aromatic ring is 1. The number of hydrogen-bond acceptors (Lipinski definition) is 4. The number of likely N-dealkylation sites (N-methyl/N-ethyl adjacent to an activating group) is 1. The molecule has 0 amide bonds. The Hall–Kier alpha value is -1.49. The van der Waals surface area contributed by atoms with Crippen LogP contribution < -0.4 is 15.4 Å². The van der Waals surface area contributed by atoms with Gasteiger partial charge < -0.3 is 20.5 Å². The fourth-order valence-corrected chi connectivity index (χ4v) is 2.74. The first kappa shape index (κ1) is 13.9. The molecule has 0 radical (unpaired) electrons. The van der Waals surface area contributed by atoms with Gasteiger partial charge in [-0.15, -0.1) is 0 Å². The van der Waals surface area contributed by atoms with E-state index in [9.17, 15) is 9.50 Å². The van der Waals surface area contributed by atoms with Gasteiger partial charge in [-0.25, -0.2) is 4.39 Å². The average molecular weight is 268 g/mol. The molecular weight excluding hydrogens is 247 g/mol. The van der Waals surface area contributed by atoms with Crippen LogP contribution >= 0.6 is 0 Å². The third-order valence-corrected chi connectivity index (χ3v) is 3.87. The minimum absolute atomic E-state index is 0.0196. The second kappa shape index (κ2) is 5.65. The van der Waals surface area contributed by atoms with Gasteiger partial charge in [0.2, 0.25) is 0 Å². The number of benzene rings is 1. The van der Waals surface area contributed by atoms with Crippen molar-refractivity contribution in [1.29, 1.82) is 0 Å². The van der Waals surface area contributed by atoms with Gasteiger partial charge in [-0.1, -0.05) is 12.8 Å². The number of rotatable bonds is 3. The maximum absolute atomic E-state index is 13.5. The highest BCUT2D eigenvalue weighted by Gasteiger charge is 2.28. The molecule has 2 rings (SSSR count). The van der Waals surface area contributed by atoms with Crippen LogP contribution in [0.2, 0.25) is 0 Å².